The summed E-state index contributed by atoms with van der Waals surface area (Å²) in [5.41, 5.74) is 7.82. The van der Waals surface area contributed by atoms with Gasteiger partial charge < -0.3 is 5.73 Å². The Morgan fingerprint density at radius 1 is 1.00 bits per heavy atom. The lowest BCUT2D eigenvalue weighted by atomic mass is 10.0. The van der Waals surface area contributed by atoms with E-state index in [9.17, 15) is 8.42 Å². The zero-order valence-corrected chi connectivity index (χ0v) is 13.0. The van der Waals surface area contributed by atoms with Crippen LogP contribution in [0.1, 0.15) is 24.1 Å². The second-order valence-corrected chi connectivity index (χ2v) is 6.90. The molecule has 2 atom stereocenters. The Bertz CT molecular complexity index is 680. The molecule has 0 unspecified atom stereocenters. The molecule has 0 saturated heterocycles. The molecule has 2 aromatic rings. The van der Waals surface area contributed by atoms with Gasteiger partial charge >= 0.3 is 0 Å². The molecule has 0 amide bonds. The summed E-state index contributed by atoms with van der Waals surface area (Å²) in [5, 5.41) is 0. The van der Waals surface area contributed by atoms with Crippen LogP contribution in [0, 0.1) is 6.92 Å². The first kappa shape index (κ1) is 15.7. The van der Waals surface area contributed by atoms with Gasteiger partial charge in [-0.05, 0) is 31.5 Å². The fourth-order valence-corrected chi connectivity index (χ4v) is 3.41. The van der Waals surface area contributed by atoms with Crippen molar-refractivity contribution in [1.29, 1.82) is 0 Å². The first-order valence-electron chi connectivity index (χ1n) is 6.79. The van der Waals surface area contributed by atoms with Crippen molar-refractivity contribution in [3.05, 3.63) is 65.7 Å². The molecule has 3 N–H and O–H groups in total. The Morgan fingerprint density at radius 3 is 2.10 bits per heavy atom. The number of hydrogen-bond donors (Lipinski definition) is 2. The lowest BCUT2D eigenvalue weighted by Gasteiger charge is -2.22. The van der Waals surface area contributed by atoms with Crippen LogP contribution in [0.25, 0.3) is 0 Å². The summed E-state index contributed by atoms with van der Waals surface area (Å²) in [6, 6.07) is 15.3. The van der Waals surface area contributed by atoms with Gasteiger partial charge in [-0.1, -0.05) is 48.0 Å². The maximum Gasteiger partial charge on any atom is 0.241 e. The van der Waals surface area contributed by atoms with Crippen LogP contribution in [0.4, 0.5) is 0 Å². The van der Waals surface area contributed by atoms with E-state index in [1.165, 1.54) is 0 Å². The molecule has 0 saturated carbocycles. The van der Waals surface area contributed by atoms with Crippen molar-refractivity contribution < 1.29 is 8.42 Å². The first-order chi connectivity index (χ1) is 9.90. The highest BCUT2D eigenvalue weighted by atomic mass is 32.2. The molecular weight excluding hydrogens is 284 g/mol. The third-order valence-corrected chi connectivity index (χ3v) is 4.75. The highest BCUT2D eigenvalue weighted by Crippen LogP contribution is 2.19. The molecule has 2 rings (SSSR count). The molecule has 0 bridgehead atoms. The van der Waals surface area contributed by atoms with E-state index in [0.29, 0.717) is 0 Å². The summed E-state index contributed by atoms with van der Waals surface area (Å²) in [4.78, 5) is 0.245. The minimum atomic E-state index is -3.60. The van der Waals surface area contributed by atoms with E-state index in [1.54, 1.807) is 31.2 Å². The Balaban J connectivity index is 2.30. The van der Waals surface area contributed by atoms with Crippen LogP contribution in [-0.2, 0) is 10.0 Å². The molecule has 0 heterocycles. The van der Waals surface area contributed by atoms with Crippen LogP contribution in [0.2, 0.25) is 0 Å². The Labute approximate surface area is 126 Å². The predicted octanol–water partition coefficient (Wildman–Crippen LogP) is 2.36. The molecule has 21 heavy (non-hydrogen) atoms. The normalized spacial score (nSPS) is 14.6. The molecule has 0 aliphatic rings. The smallest absolute Gasteiger partial charge is 0.241 e. The zero-order chi connectivity index (χ0) is 15.5. The average molecular weight is 304 g/mol. The van der Waals surface area contributed by atoms with E-state index in [2.05, 4.69) is 4.72 Å². The van der Waals surface area contributed by atoms with E-state index < -0.39 is 16.1 Å². The molecule has 0 spiro atoms. The molecule has 2 aromatic carbocycles. The van der Waals surface area contributed by atoms with Gasteiger partial charge in [-0.3, -0.25) is 0 Å². The van der Waals surface area contributed by atoms with Gasteiger partial charge in [-0.2, -0.15) is 0 Å². The van der Waals surface area contributed by atoms with E-state index >= 15 is 0 Å². The zero-order valence-electron chi connectivity index (χ0n) is 12.2. The quantitative estimate of drug-likeness (QED) is 0.890. The Hall–Kier alpha value is -1.69. The second kappa shape index (κ2) is 6.39. The third-order valence-electron chi connectivity index (χ3n) is 3.30. The third kappa shape index (κ3) is 3.91. The summed E-state index contributed by atoms with van der Waals surface area (Å²) in [7, 11) is -3.60. The van der Waals surface area contributed by atoms with Crippen molar-refractivity contribution in [3.63, 3.8) is 0 Å². The number of rotatable bonds is 5. The lowest BCUT2D eigenvalue weighted by molar-refractivity contribution is 0.513. The highest BCUT2D eigenvalue weighted by molar-refractivity contribution is 7.89. The van der Waals surface area contributed by atoms with Gasteiger partial charge in [0.05, 0.1) is 10.9 Å². The van der Waals surface area contributed by atoms with Gasteiger partial charge in [0, 0.05) is 6.04 Å². The van der Waals surface area contributed by atoms with Crippen molar-refractivity contribution in [2.45, 2.75) is 30.8 Å². The van der Waals surface area contributed by atoms with Crippen LogP contribution < -0.4 is 10.5 Å². The van der Waals surface area contributed by atoms with Crippen LogP contribution >= 0.6 is 0 Å². The van der Waals surface area contributed by atoms with Crippen LogP contribution in [0.5, 0.6) is 0 Å². The van der Waals surface area contributed by atoms with Crippen molar-refractivity contribution in [1.82, 2.24) is 4.72 Å². The van der Waals surface area contributed by atoms with Crippen molar-refractivity contribution in [2.75, 3.05) is 0 Å². The van der Waals surface area contributed by atoms with Crippen LogP contribution in [0.15, 0.2) is 59.5 Å². The SMILES string of the molecule is Cc1ccc(S(=O)(=O)N[C@@H](c2ccccc2)[C@@H](C)N)cc1. The number of hydrogen-bond acceptors (Lipinski definition) is 3. The summed E-state index contributed by atoms with van der Waals surface area (Å²) >= 11 is 0. The van der Waals surface area contributed by atoms with Gasteiger partial charge in [0.15, 0.2) is 0 Å². The topological polar surface area (TPSA) is 72.2 Å². The predicted molar refractivity (Wildman–Crippen MR) is 84.3 cm³/mol. The molecule has 112 valence electrons. The largest absolute Gasteiger partial charge is 0.326 e. The van der Waals surface area contributed by atoms with Crippen LogP contribution in [0.3, 0.4) is 0 Å². The summed E-state index contributed by atoms with van der Waals surface area (Å²) in [5.74, 6) is 0. The molecular formula is C16H20N2O2S. The molecule has 0 aliphatic heterocycles. The number of benzene rings is 2. The van der Waals surface area contributed by atoms with Crippen molar-refractivity contribution in [2.24, 2.45) is 5.73 Å². The van der Waals surface area contributed by atoms with E-state index in [-0.39, 0.29) is 10.9 Å². The summed E-state index contributed by atoms with van der Waals surface area (Å²) in [6.07, 6.45) is 0. The number of aryl methyl sites for hydroxylation is 1. The minimum Gasteiger partial charge on any atom is -0.326 e. The van der Waals surface area contributed by atoms with E-state index in [1.807, 2.05) is 37.3 Å². The van der Waals surface area contributed by atoms with Gasteiger partial charge in [-0.25, -0.2) is 13.1 Å². The summed E-state index contributed by atoms with van der Waals surface area (Å²) < 4.78 is 27.6. The van der Waals surface area contributed by atoms with E-state index in [0.717, 1.165) is 11.1 Å². The highest BCUT2D eigenvalue weighted by Gasteiger charge is 2.23. The van der Waals surface area contributed by atoms with Crippen molar-refractivity contribution >= 4 is 10.0 Å². The average Bonchev–Trinajstić information content (AvgIpc) is 2.46. The fourth-order valence-electron chi connectivity index (χ4n) is 2.09. The number of nitrogens with one attached hydrogen (secondary N) is 1. The van der Waals surface area contributed by atoms with Crippen molar-refractivity contribution in [3.8, 4) is 0 Å². The standard InChI is InChI=1S/C16H20N2O2S/c1-12-8-10-15(11-9-12)21(19,20)18-16(13(2)17)14-6-4-3-5-7-14/h3-11,13,16,18H,17H2,1-2H3/t13-,16-/m1/s1. The number of sulfonamides is 1. The molecule has 4 nitrogen and oxygen atoms in total. The lowest BCUT2D eigenvalue weighted by Crippen LogP contribution is -2.39. The van der Waals surface area contributed by atoms with Gasteiger partial charge in [0.25, 0.3) is 0 Å². The van der Waals surface area contributed by atoms with Gasteiger partial charge in [0.2, 0.25) is 10.0 Å². The molecule has 5 heteroatoms. The molecule has 0 fully saturated rings. The summed E-state index contributed by atoms with van der Waals surface area (Å²) in [6.45, 7) is 3.70. The maximum absolute atomic E-state index is 12.5. The van der Waals surface area contributed by atoms with E-state index in [4.69, 9.17) is 5.73 Å². The number of nitrogens with two attached hydrogens (primary N) is 1. The molecule has 0 aromatic heterocycles. The molecule has 0 radical (unpaired) electrons. The monoisotopic (exact) mass is 304 g/mol. The minimum absolute atomic E-state index is 0.245. The maximum atomic E-state index is 12.5. The molecule has 0 aliphatic carbocycles. The Kier molecular flexibility index (Phi) is 4.77. The van der Waals surface area contributed by atoms with Gasteiger partial charge in [-0.15, -0.1) is 0 Å². The fraction of sp³-hybridized carbons (Fsp3) is 0.250. The second-order valence-electron chi connectivity index (χ2n) is 5.18. The van der Waals surface area contributed by atoms with Crippen LogP contribution in [-0.4, -0.2) is 14.5 Å². The van der Waals surface area contributed by atoms with Gasteiger partial charge in [0.1, 0.15) is 0 Å². The Morgan fingerprint density at radius 2 is 1.57 bits per heavy atom. The first-order valence-corrected chi connectivity index (χ1v) is 8.28.